The number of carboxylic acid groups (broad SMARTS) is 1. The normalized spacial score (nSPS) is 8.54. The first kappa shape index (κ1) is 11.6. The molecule has 2 N–H and O–H groups in total. The second kappa shape index (κ2) is 6.20. The van der Waals surface area contributed by atoms with Gasteiger partial charge in [0.25, 0.3) is 0 Å². The summed E-state index contributed by atoms with van der Waals surface area (Å²) in [5.74, 6) is -0.863. The van der Waals surface area contributed by atoms with E-state index >= 15 is 0 Å². The van der Waals surface area contributed by atoms with Crippen LogP contribution in [0.1, 0.15) is 22.8 Å². The molecule has 0 fully saturated rings. The first-order valence-corrected chi connectivity index (χ1v) is 4.03. The van der Waals surface area contributed by atoms with Gasteiger partial charge in [0.1, 0.15) is 0 Å². The van der Waals surface area contributed by atoms with Crippen molar-refractivity contribution in [3.63, 3.8) is 0 Å². The summed E-state index contributed by atoms with van der Waals surface area (Å²) in [7, 11) is 0. The lowest BCUT2D eigenvalue weighted by Gasteiger charge is -1.96. The summed E-state index contributed by atoms with van der Waals surface area (Å²) in [5.41, 5.74) is 1.18. The molecule has 72 valence electrons. The molecule has 0 aliphatic heterocycles. The number of carboxylic acids is 1. The van der Waals surface area contributed by atoms with Gasteiger partial charge in [0.2, 0.25) is 0 Å². The molecule has 1 rings (SSSR count). The Balaban J connectivity index is 0.000000424. The van der Waals surface area contributed by atoms with Crippen LogP contribution < -0.4 is 0 Å². The van der Waals surface area contributed by atoms with Crippen molar-refractivity contribution in [3.05, 3.63) is 35.4 Å². The van der Waals surface area contributed by atoms with Crippen molar-refractivity contribution in [1.82, 2.24) is 0 Å². The van der Waals surface area contributed by atoms with Gasteiger partial charge >= 0.3 is 5.97 Å². The van der Waals surface area contributed by atoms with Gasteiger partial charge in [-0.2, -0.15) is 0 Å². The Labute approximate surface area is 77.6 Å². The van der Waals surface area contributed by atoms with E-state index in [-0.39, 0.29) is 6.61 Å². The van der Waals surface area contributed by atoms with Crippen molar-refractivity contribution < 1.29 is 15.0 Å². The highest BCUT2D eigenvalue weighted by Crippen LogP contribution is 2.05. The predicted molar refractivity (Wildman–Crippen MR) is 50.9 cm³/mol. The van der Waals surface area contributed by atoms with Crippen LogP contribution in [0.2, 0.25) is 0 Å². The molecule has 0 saturated carbocycles. The molecule has 3 heteroatoms. The van der Waals surface area contributed by atoms with E-state index in [4.69, 9.17) is 10.2 Å². The third kappa shape index (κ3) is 4.28. The summed E-state index contributed by atoms with van der Waals surface area (Å²) in [6, 6.07) is 6.92. The molecule has 0 unspecified atom stereocenters. The Hall–Kier alpha value is -1.35. The van der Waals surface area contributed by atoms with E-state index in [0.717, 1.165) is 5.56 Å². The first-order chi connectivity index (χ1) is 6.13. The average Bonchev–Trinajstić information content (AvgIpc) is 2.06. The molecule has 0 radical (unpaired) electrons. The summed E-state index contributed by atoms with van der Waals surface area (Å²) < 4.78 is 0. The lowest BCUT2D eigenvalue weighted by Crippen LogP contribution is -1.97. The molecule has 13 heavy (non-hydrogen) atoms. The highest BCUT2D eigenvalue weighted by molar-refractivity contribution is 5.89. The molecule has 3 nitrogen and oxygen atoms in total. The summed E-state index contributed by atoms with van der Waals surface area (Å²) in [5, 5.41) is 16.1. The number of carbonyl (C=O) groups is 1. The molecule has 0 atom stereocenters. The Morgan fingerprint density at radius 2 is 1.85 bits per heavy atom. The molecule has 0 aliphatic carbocycles. The third-order valence-electron chi connectivity index (χ3n) is 1.38. The second-order valence-electron chi connectivity index (χ2n) is 2.44. The molecule has 0 saturated heterocycles. The summed E-state index contributed by atoms with van der Waals surface area (Å²) in [4.78, 5) is 10.4. The quantitative estimate of drug-likeness (QED) is 0.694. The maximum atomic E-state index is 10.4. The zero-order valence-electron chi connectivity index (χ0n) is 7.82. The van der Waals surface area contributed by atoms with Crippen LogP contribution in [-0.2, 0) is 0 Å². The summed E-state index contributed by atoms with van der Waals surface area (Å²) in [6.07, 6.45) is 0. The van der Waals surface area contributed by atoms with E-state index in [9.17, 15) is 4.79 Å². The van der Waals surface area contributed by atoms with Crippen LogP contribution in [0.15, 0.2) is 24.3 Å². The van der Waals surface area contributed by atoms with Gasteiger partial charge in [0, 0.05) is 6.61 Å². The molecule has 0 aliphatic rings. The molecule has 0 heterocycles. The van der Waals surface area contributed by atoms with Crippen LogP contribution in [0.4, 0.5) is 0 Å². The van der Waals surface area contributed by atoms with Crippen LogP contribution in [0.25, 0.3) is 0 Å². The highest BCUT2D eigenvalue weighted by atomic mass is 16.4. The van der Waals surface area contributed by atoms with Gasteiger partial charge in [0.05, 0.1) is 5.56 Å². The number of hydrogen-bond donors (Lipinski definition) is 2. The molecule has 0 bridgehead atoms. The van der Waals surface area contributed by atoms with E-state index in [0.29, 0.717) is 5.56 Å². The number of aliphatic hydroxyl groups excluding tert-OH is 1. The monoisotopic (exact) mass is 182 g/mol. The van der Waals surface area contributed by atoms with Crippen LogP contribution in [0.5, 0.6) is 0 Å². The largest absolute Gasteiger partial charge is 0.478 e. The van der Waals surface area contributed by atoms with Crippen molar-refractivity contribution in [2.75, 3.05) is 6.61 Å². The maximum absolute atomic E-state index is 10.4. The number of aromatic carboxylic acids is 1. The van der Waals surface area contributed by atoms with Crippen LogP contribution in [0.3, 0.4) is 0 Å². The van der Waals surface area contributed by atoms with Crippen molar-refractivity contribution in [2.45, 2.75) is 13.8 Å². The topological polar surface area (TPSA) is 57.5 Å². The van der Waals surface area contributed by atoms with Gasteiger partial charge in [-0.25, -0.2) is 4.79 Å². The summed E-state index contributed by atoms with van der Waals surface area (Å²) in [6.45, 7) is 3.71. The van der Waals surface area contributed by atoms with Crippen LogP contribution >= 0.6 is 0 Å². The van der Waals surface area contributed by atoms with Crippen LogP contribution in [0, 0.1) is 6.92 Å². The lowest BCUT2D eigenvalue weighted by molar-refractivity contribution is 0.0696. The van der Waals surface area contributed by atoms with Crippen molar-refractivity contribution in [1.29, 1.82) is 0 Å². The molecule has 0 amide bonds. The fourth-order valence-corrected chi connectivity index (χ4v) is 0.813. The maximum Gasteiger partial charge on any atom is 0.335 e. The molecular weight excluding hydrogens is 168 g/mol. The predicted octanol–water partition coefficient (Wildman–Crippen LogP) is 1.69. The van der Waals surface area contributed by atoms with E-state index in [2.05, 4.69) is 0 Å². The van der Waals surface area contributed by atoms with Gasteiger partial charge in [-0.3, -0.25) is 0 Å². The van der Waals surface area contributed by atoms with E-state index in [1.165, 1.54) is 0 Å². The lowest BCUT2D eigenvalue weighted by atomic mass is 10.1. The van der Waals surface area contributed by atoms with Crippen molar-refractivity contribution in [2.24, 2.45) is 0 Å². The van der Waals surface area contributed by atoms with Gasteiger partial charge in [0.15, 0.2) is 0 Å². The minimum Gasteiger partial charge on any atom is -0.478 e. The fourth-order valence-electron chi connectivity index (χ4n) is 0.813. The number of rotatable bonds is 1. The van der Waals surface area contributed by atoms with E-state index in [1.54, 1.807) is 32.0 Å². The standard InChI is InChI=1S/C8H8O2.C2H6O/c1-6-4-2-3-5-7(6)8(9)10;1-2-3/h2-5H,1H3,(H,9,10);3H,2H2,1H3. The number of aliphatic hydroxyl groups is 1. The zero-order valence-corrected chi connectivity index (χ0v) is 7.82. The minimum absolute atomic E-state index is 0.250. The molecule has 1 aromatic carbocycles. The third-order valence-corrected chi connectivity index (χ3v) is 1.38. The SMILES string of the molecule is CCO.Cc1ccccc1C(=O)O. The van der Waals surface area contributed by atoms with Crippen LogP contribution in [-0.4, -0.2) is 22.8 Å². The molecule has 0 spiro atoms. The van der Waals surface area contributed by atoms with E-state index in [1.807, 2.05) is 6.07 Å². The number of benzene rings is 1. The first-order valence-electron chi connectivity index (χ1n) is 4.03. The Bertz CT molecular complexity index is 269. The Morgan fingerprint density at radius 3 is 2.15 bits per heavy atom. The Morgan fingerprint density at radius 1 is 1.38 bits per heavy atom. The highest BCUT2D eigenvalue weighted by Gasteiger charge is 2.02. The van der Waals surface area contributed by atoms with Gasteiger partial charge in [-0.1, -0.05) is 18.2 Å². The minimum atomic E-state index is -0.863. The Kier molecular flexibility index (Phi) is 5.55. The van der Waals surface area contributed by atoms with Crippen molar-refractivity contribution in [3.8, 4) is 0 Å². The fraction of sp³-hybridized carbons (Fsp3) is 0.300. The van der Waals surface area contributed by atoms with E-state index < -0.39 is 5.97 Å². The summed E-state index contributed by atoms with van der Waals surface area (Å²) >= 11 is 0. The number of hydrogen-bond acceptors (Lipinski definition) is 2. The molecule has 1 aromatic rings. The molecule has 0 aromatic heterocycles. The van der Waals surface area contributed by atoms with Crippen molar-refractivity contribution >= 4 is 5.97 Å². The second-order valence-corrected chi connectivity index (χ2v) is 2.44. The zero-order chi connectivity index (χ0) is 10.3. The smallest absolute Gasteiger partial charge is 0.335 e. The van der Waals surface area contributed by atoms with Gasteiger partial charge < -0.3 is 10.2 Å². The average molecular weight is 182 g/mol. The number of aryl methyl sites for hydroxylation is 1. The van der Waals surface area contributed by atoms with Gasteiger partial charge in [-0.15, -0.1) is 0 Å². The molecular formula is C10H14O3. The van der Waals surface area contributed by atoms with Gasteiger partial charge in [-0.05, 0) is 25.5 Å².